The van der Waals surface area contributed by atoms with Crippen molar-refractivity contribution in [2.75, 3.05) is 0 Å². The lowest BCUT2D eigenvalue weighted by Crippen LogP contribution is -1.98. The first-order valence-corrected chi connectivity index (χ1v) is 7.33. The normalized spacial score (nSPS) is 15.7. The number of aryl methyl sites for hydroxylation is 4. The van der Waals surface area contributed by atoms with Gasteiger partial charge in [-0.25, -0.2) is 0 Å². The fourth-order valence-electron chi connectivity index (χ4n) is 2.59. The second-order valence-electron chi connectivity index (χ2n) is 5.20. The quantitative estimate of drug-likeness (QED) is 0.865. The van der Waals surface area contributed by atoms with E-state index < -0.39 is 6.10 Å². The fraction of sp³-hybridized carbons (Fsp3) is 0.375. The average Bonchev–Trinajstić information content (AvgIpc) is 2.92. The topological polar surface area (TPSA) is 20.2 Å². The minimum Gasteiger partial charge on any atom is -0.383 e. The van der Waals surface area contributed by atoms with Crippen LogP contribution < -0.4 is 0 Å². The van der Waals surface area contributed by atoms with Crippen LogP contribution in [0.25, 0.3) is 0 Å². The SMILES string of the molecule is Cc1ccc(C(O)c2cc3c(s2)CCC3)cc1C. The van der Waals surface area contributed by atoms with Crippen molar-refractivity contribution >= 4 is 11.3 Å². The molecule has 2 aromatic rings. The Bertz CT molecular complexity index is 561. The minimum atomic E-state index is -0.458. The minimum absolute atomic E-state index is 0.458. The zero-order chi connectivity index (χ0) is 12.7. The standard InChI is InChI=1S/C16H18OS/c1-10-6-7-13(8-11(10)2)16(17)15-9-12-4-3-5-14(12)18-15/h6-9,16-17H,3-5H2,1-2H3. The van der Waals surface area contributed by atoms with Crippen LogP contribution in [0.4, 0.5) is 0 Å². The van der Waals surface area contributed by atoms with Gasteiger partial charge < -0.3 is 5.11 Å². The lowest BCUT2D eigenvalue weighted by atomic mass is 10.0. The Morgan fingerprint density at radius 1 is 1.11 bits per heavy atom. The summed E-state index contributed by atoms with van der Waals surface area (Å²) < 4.78 is 0. The van der Waals surface area contributed by atoms with E-state index in [0.717, 1.165) is 10.4 Å². The maximum atomic E-state index is 10.5. The number of aliphatic hydroxyl groups excluding tert-OH is 1. The zero-order valence-corrected chi connectivity index (χ0v) is 11.7. The molecule has 1 aromatic heterocycles. The Kier molecular flexibility index (Phi) is 3.00. The number of hydrogen-bond donors (Lipinski definition) is 1. The van der Waals surface area contributed by atoms with E-state index in [9.17, 15) is 5.11 Å². The number of hydrogen-bond acceptors (Lipinski definition) is 2. The van der Waals surface area contributed by atoms with Crippen molar-refractivity contribution in [1.29, 1.82) is 0 Å². The first-order chi connectivity index (χ1) is 8.65. The van der Waals surface area contributed by atoms with Gasteiger partial charge in [-0.15, -0.1) is 11.3 Å². The van der Waals surface area contributed by atoms with Crippen molar-refractivity contribution < 1.29 is 5.11 Å². The van der Waals surface area contributed by atoms with Gasteiger partial charge in [0.2, 0.25) is 0 Å². The highest BCUT2D eigenvalue weighted by Gasteiger charge is 2.19. The smallest absolute Gasteiger partial charge is 0.113 e. The van der Waals surface area contributed by atoms with E-state index in [2.05, 4.69) is 32.0 Å². The predicted octanol–water partition coefficient (Wildman–Crippen LogP) is 3.94. The predicted molar refractivity (Wildman–Crippen MR) is 76.3 cm³/mol. The Balaban J connectivity index is 1.93. The van der Waals surface area contributed by atoms with Gasteiger partial charge in [-0.05, 0) is 61.4 Å². The molecule has 1 nitrogen and oxygen atoms in total. The molecule has 1 N–H and O–H groups in total. The molecule has 1 aliphatic rings. The Morgan fingerprint density at radius 2 is 1.94 bits per heavy atom. The van der Waals surface area contributed by atoms with Crippen LogP contribution in [0.15, 0.2) is 24.3 Å². The second-order valence-corrected chi connectivity index (χ2v) is 6.37. The summed E-state index contributed by atoms with van der Waals surface area (Å²) in [6.45, 7) is 4.20. The third-order valence-electron chi connectivity index (χ3n) is 3.88. The maximum absolute atomic E-state index is 10.5. The summed E-state index contributed by atoms with van der Waals surface area (Å²) in [7, 11) is 0. The molecule has 1 unspecified atom stereocenters. The van der Waals surface area contributed by atoms with Crippen LogP contribution >= 0.6 is 11.3 Å². The number of aliphatic hydroxyl groups is 1. The van der Waals surface area contributed by atoms with E-state index in [0.29, 0.717) is 0 Å². The molecule has 1 aliphatic carbocycles. The Morgan fingerprint density at radius 3 is 2.67 bits per heavy atom. The van der Waals surface area contributed by atoms with Gasteiger partial charge in [0.25, 0.3) is 0 Å². The monoisotopic (exact) mass is 258 g/mol. The molecule has 0 amide bonds. The maximum Gasteiger partial charge on any atom is 0.113 e. The number of benzene rings is 1. The highest BCUT2D eigenvalue weighted by Crippen LogP contribution is 2.36. The molecular weight excluding hydrogens is 240 g/mol. The zero-order valence-electron chi connectivity index (χ0n) is 10.9. The lowest BCUT2D eigenvalue weighted by Gasteiger charge is -2.11. The van der Waals surface area contributed by atoms with E-state index in [-0.39, 0.29) is 0 Å². The summed E-state index contributed by atoms with van der Waals surface area (Å²) in [5.74, 6) is 0. The van der Waals surface area contributed by atoms with Gasteiger partial charge in [0.15, 0.2) is 0 Å². The molecule has 0 saturated carbocycles. The van der Waals surface area contributed by atoms with Crippen LogP contribution in [0.1, 0.15) is 44.5 Å². The van der Waals surface area contributed by atoms with Gasteiger partial charge in [-0.2, -0.15) is 0 Å². The first-order valence-electron chi connectivity index (χ1n) is 6.52. The molecule has 0 radical (unpaired) electrons. The summed E-state index contributed by atoms with van der Waals surface area (Å²) >= 11 is 1.78. The van der Waals surface area contributed by atoms with E-state index >= 15 is 0 Å². The number of thiophene rings is 1. The highest BCUT2D eigenvalue weighted by molar-refractivity contribution is 7.12. The van der Waals surface area contributed by atoms with E-state index in [1.54, 1.807) is 11.3 Å². The molecule has 3 rings (SSSR count). The second kappa shape index (κ2) is 4.52. The summed E-state index contributed by atoms with van der Waals surface area (Å²) in [5.41, 5.74) is 4.99. The lowest BCUT2D eigenvalue weighted by molar-refractivity contribution is 0.224. The average molecular weight is 258 g/mol. The van der Waals surface area contributed by atoms with Crippen molar-refractivity contribution in [3.8, 4) is 0 Å². The van der Waals surface area contributed by atoms with Crippen LogP contribution in [0.5, 0.6) is 0 Å². The molecule has 0 aliphatic heterocycles. The van der Waals surface area contributed by atoms with Gasteiger partial charge in [-0.3, -0.25) is 0 Å². The molecule has 0 saturated heterocycles. The molecule has 1 atom stereocenters. The number of fused-ring (bicyclic) bond motifs is 1. The van der Waals surface area contributed by atoms with Gasteiger partial charge >= 0.3 is 0 Å². The van der Waals surface area contributed by atoms with Crippen LogP contribution in [-0.2, 0) is 12.8 Å². The van der Waals surface area contributed by atoms with Gasteiger partial charge in [0, 0.05) is 9.75 Å². The third-order valence-corrected chi connectivity index (χ3v) is 5.17. The Labute approximate surface area is 112 Å². The molecule has 1 heterocycles. The van der Waals surface area contributed by atoms with Crippen molar-refractivity contribution in [3.05, 3.63) is 56.3 Å². The summed E-state index contributed by atoms with van der Waals surface area (Å²) in [6.07, 6.45) is 3.20. The highest BCUT2D eigenvalue weighted by atomic mass is 32.1. The van der Waals surface area contributed by atoms with E-state index in [1.165, 1.54) is 40.8 Å². The number of rotatable bonds is 2. The Hall–Kier alpha value is -1.12. The summed E-state index contributed by atoms with van der Waals surface area (Å²) in [5, 5.41) is 10.5. The molecule has 0 spiro atoms. The van der Waals surface area contributed by atoms with E-state index in [1.807, 2.05) is 6.07 Å². The fourth-order valence-corrected chi connectivity index (χ4v) is 3.86. The van der Waals surface area contributed by atoms with E-state index in [4.69, 9.17) is 0 Å². The summed E-state index contributed by atoms with van der Waals surface area (Å²) in [4.78, 5) is 2.58. The summed E-state index contributed by atoms with van der Waals surface area (Å²) in [6, 6.07) is 8.44. The van der Waals surface area contributed by atoms with Crippen molar-refractivity contribution in [2.45, 2.75) is 39.2 Å². The molecule has 18 heavy (non-hydrogen) atoms. The van der Waals surface area contributed by atoms with Gasteiger partial charge in [-0.1, -0.05) is 18.2 Å². The molecular formula is C16H18OS. The molecule has 94 valence electrons. The largest absolute Gasteiger partial charge is 0.383 e. The first kappa shape index (κ1) is 11.9. The van der Waals surface area contributed by atoms with Crippen LogP contribution in [0, 0.1) is 13.8 Å². The van der Waals surface area contributed by atoms with Gasteiger partial charge in [0.05, 0.1) is 0 Å². The van der Waals surface area contributed by atoms with Crippen LogP contribution in [-0.4, -0.2) is 5.11 Å². The molecule has 0 fully saturated rings. The molecule has 1 aromatic carbocycles. The molecule has 2 heteroatoms. The van der Waals surface area contributed by atoms with Crippen LogP contribution in [0.3, 0.4) is 0 Å². The van der Waals surface area contributed by atoms with Crippen molar-refractivity contribution in [1.82, 2.24) is 0 Å². The van der Waals surface area contributed by atoms with Crippen molar-refractivity contribution in [2.24, 2.45) is 0 Å². The van der Waals surface area contributed by atoms with Crippen molar-refractivity contribution in [3.63, 3.8) is 0 Å². The third kappa shape index (κ3) is 2.00. The van der Waals surface area contributed by atoms with Crippen LogP contribution in [0.2, 0.25) is 0 Å². The molecule has 0 bridgehead atoms. The van der Waals surface area contributed by atoms with Gasteiger partial charge in [0.1, 0.15) is 6.10 Å².